The van der Waals surface area contributed by atoms with Crippen molar-refractivity contribution in [2.24, 2.45) is 0 Å². The highest BCUT2D eigenvalue weighted by Crippen LogP contribution is 2.40. The van der Waals surface area contributed by atoms with Crippen molar-refractivity contribution in [1.29, 1.82) is 0 Å². The van der Waals surface area contributed by atoms with Crippen molar-refractivity contribution in [3.8, 4) is 11.5 Å². The molecular weight excluding hydrogens is 618 g/mol. The summed E-state index contributed by atoms with van der Waals surface area (Å²) in [7, 11) is 0. The fourth-order valence-electron chi connectivity index (χ4n) is 3.42. The third kappa shape index (κ3) is 6.50. The van der Waals surface area contributed by atoms with Gasteiger partial charge in [-0.25, -0.2) is 0 Å². The maximum Gasteiger partial charge on any atom is 0.293 e. The number of imide groups is 1. The molecule has 1 fully saturated rings. The number of benzene rings is 3. The van der Waals surface area contributed by atoms with Gasteiger partial charge in [0, 0.05) is 9.50 Å². The molecule has 180 valence electrons. The van der Waals surface area contributed by atoms with Crippen molar-refractivity contribution < 1.29 is 19.1 Å². The van der Waals surface area contributed by atoms with E-state index in [1.54, 1.807) is 12.1 Å². The van der Waals surface area contributed by atoms with Crippen molar-refractivity contribution in [3.05, 3.63) is 96.2 Å². The molecule has 0 atom stereocenters. The molecule has 0 saturated carbocycles. The number of carbonyl (C=O) groups excluding carboxylic acids is 2. The number of thioether (sulfide) groups is 1. The van der Waals surface area contributed by atoms with Crippen LogP contribution in [0.25, 0.3) is 6.08 Å². The molecule has 0 radical (unpaired) electrons. The quantitative estimate of drug-likeness (QED) is 0.234. The average molecular weight is 638 g/mol. The number of nitrogens with zero attached hydrogens (tertiary/aromatic N) is 1. The molecule has 5 nitrogen and oxygen atoms in total. The second-order valence-corrected chi connectivity index (χ2v) is 10.8. The molecule has 4 rings (SSSR count). The second-order valence-electron chi connectivity index (χ2n) is 7.58. The zero-order valence-electron chi connectivity index (χ0n) is 18.6. The van der Waals surface area contributed by atoms with Crippen molar-refractivity contribution in [2.75, 3.05) is 6.61 Å². The van der Waals surface area contributed by atoms with Crippen LogP contribution in [0.4, 0.5) is 4.79 Å². The van der Waals surface area contributed by atoms with Gasteiger partial charge in [-0.2, -0.15) is 0 Å². The molecule has 0 aliphatic carbocycles. The Bertz CT molecular complexity index is 1300. The summed E-state index contributed by atoms with van der Waals surface area (Å²) in [4.78, 5) is 27.1. The summed E-state index contributed by atoms with van der Waals surface area (Å²) in [5.74, 6) is 0.772. The Kier molecular flexibility index (Phi) is 8.59. The minimum Gasteiger partial charge on any atom is -0.490 e. The number of rotatable bonds is 8. The predicted octanol–water partition coefficient (Wildman–Crippen LogP) is 8.08. The van der Waals surface area contributed by atoms with E-state index >= 15 is 0 Å². The number of hydrogen-bond acceptors (Lipinski definition) is 5. The Hall–Kier alpha value is -2.26. The summed E-state index contributed by atoms with van der Waals surface area (Å²) in [6.45, 7) is 2.88. The molecule has 1 heterocycles. The van der Waals surface area contributed by atoms with E-state index in [-0.39, 0.29) is 17.7 Å². The van der Waals surface area contributed by atoms with Crippen LogP contribution in [0, 0.1) is 0 Å². The predicted molar refractivity (Wildman–Crippen MR) is 147 cm³/mol. The smallest absolute Gasteiger partial charge is 0.293 e. The van der Waals surface area contributed by atoms with E-state index in [0.717, 1.165) is 27.4 Å². The van der Waals surface area contributed by atoms with Gasteiger partial charge in [0.15, 0.2) is 11.5 Å². The highest BCUT2D eigenvalue weighted by molar-refractivity contribution is 9.10. The fourth-order valence-corrected chi connectivity index (χ4v) is 5.40. The molecule has 1 aliphatic rings. The lowest BCUT2D eigenvalue weighted by atomic mass is 10.1. The van der Waals surface area contributed by atoms with Crippen LogP contribution >= 0.6 is 55.2 Å². The van der Waals surface area contributed by atoms with Crippen molar-refractivity contribution in [1.82, 2.24) is 4.90 Å². The molecule has 1 saturated heterocycles. The molecule has 2 amide bonds. The Morgan fingerprint density at radius 1 is 1.00 bits per heavy atom. The Morgan fingerprint density at radius 3 is 2.49 bits per heavy atom. The molecule has 3 aromatic rings. The fraction of sp³-hybridized carbons (Fsp3) is 0.154. The van der Waals surface area contributed by atoms with Crippen LogP contribution in [-0.4, -0.2) is 22.7 Å². The van der Waals surface area contributed by atoms with Gasteiger partial charge in [-0.15, -0.1) is 0 Å². The van der Waals surface area contributed by atoms with Gasteiger partial charge >= 0.3 is 0 Å². The van der Waals surface area contributed by atoms with Crippen LogP contribution in [0.1, 0.15) is 23.6 Å². The van der Waals surface area contributed by atoms with E-state index in [1.165, 1.54) is 4.90 Å². The first-order valence-electron chi connectivity index (χ1n) is 10.7. The van der Waals surface area contributed by atoms with E-state index < -0.39 is 0 Å². The third-order valence-electron chi connectivity index (χ3n) is 5.03. The first-order chi connectivity index (χ1) is 16.8. The monoisotopic (exact) mass is 635 g/mol. The summed E-state index contributed by atoms with van der Waals surface area (Å²) in [6, 6.07) is 18.6. The van der Waals surface area contributed by atoms with Crippen LogP contribution in [-0.2, 0) is 17.9 Å². The number of ether oxygens (including phenoxy) is 2. The number of carbonyl (C=O) groups is 2. The van der Waals surface area contributed by atoms with Crippen LogP contribution < -0.4 is 9.47 Å². The maximum absolute atomic E-state index is 13.0. The first-order valence-corrected chi connectivity index (χ1v) is 13.5. The van der Waals surface area contributed by atoms with E-state index in [0.29, 0.717) is 44.7 Å². The minimum absolute atomic E-state index is 0.215. The molecule has 9 heteroatoms. The van der Waals surface area contributed by atoms with Gasteiger partial charge in [0.05, 0.1) is 22.5 Å². The van der Waals surface area contributed by atoms with E-state index in [2.05, 4.69) is 31.9 Å². The van der Waals surface area contributed by atoms with E-state index in [4.69, 9.17) is 21.1 Å². The number of halogens is 3. The summed E-state index contributed by atoms with van der Waals surface area (Å²) >= 11 is 13.9. The Morgan fingerprint density at radius 2 is 1.77 bits per heavy atom. The maximum atomic E-state index is 13.0. The highest BCUT2D eigenvalue weighted by Gasteiger charge is 2.35. The summed E-state index contributed by atoms with van der Waals surface area (Å²) < 4.78 is 13.4. The Labute approximate surface area is 229 Å². The highest BCUT2D eigenvalue weighted by atomic mass is 79.9. The normalized spacial score (nSPS) is 14.6. The largest absolute Gasteiger partial charge is 0.490 e. The van der Waals surface area contributed by atoms with Gasteiger partial charge in [-0.1, -0.05) is 51.8 Å². The zero-order valence-corrected chi connectivity index (χ0v) is 23.3. The number of amides is 2. The molecule has 0 N–H and O–H groups in total. The summed E-state index contributed by atoms with van der Waals surface area (Å²) in [5.41, 5.74) is 2.55. The van der Waals surface area contributed by atoms with Crippen molar-refractivity contribution in [3.63, 3.8) is 0 Å². The molecule has 0 aromatic heterocycles. The molecule has 0 bridgehead atoms. The second kappa shape index (κ2) is 11.6. The lowest BCUT2D eigenvalue weighted by molar-refractivity contribution is -0.123. The van der Waals surface area contributed by atoms with Gasteiger partial charge in [-0.05, 0) is 93.8 Å². The molecule has 35 heavy (non-hydrogen) atoms. The minimum atomic E-state index is -0.322. The van der Waals surface area contributed by atoms with Crippen LogP contribution in [0.3, 0.4) is 0 Å². The molecule has 0 spiro atoms. The van der Waals surface area contributed by atoms with E-state index in [1.807, 2.05) is 61.5 Å². The average Bonchev–Trinajstić information content (AvgIpc) is 3.07. The lowest BCUT2D eigenvalue weighted by Crippen LogP contribution is -2.27. The standard InChI is InChI=1S/C26H20Br2ClNO4S/c1-2-33-22-12-18(11-21(28)24(22)34-15-16-6-8-20(29)9-7-16)13-23-25(31)30(26(32)35-23)14-17-4-3-5-19(27)10-17/h3-13H,2,14-15H2,1H3/b23-13+. The topological polar surface area (TPSA) is 55.8 Å². The van der Waals surface area contributed by atoms with Gasteiger partial charge < -0.3 is 9.47 Å². The summed E-state index contributed by atoms with van der Waals surface area (Å²) in [5, 5.41) is 0.364. The van der Waals surface area contributed by atoms with E-state index in [9.17, 15) is 9.59 Å². The first kappa shape index (κ1) is 25.8. The van der Waals surface area contributed by atoms with Crippen LogP contribution in [0.15, 0.2) is 74.5 Å². The molecule has 0 unspecified atom stereocenters. The van der Waals surface area contributed by atoms with Crippen LogP contribution in [0.2, 0.25) is 5.02 Å². The van der Waals surface area contributed by atoms with Gasteiger partial charge in [0.2, 0.25) is 0 Å². The van der Waals surface area contributed by atoms with Gasteiger partial charge in [0.25, 0.3) is 11.1 Å². The zero-order chi connectivity index (χ0) is 24.9. The molecule has 3 aromatic carbocycles. The molecular formula is C26H20Br2ClNO4S. The van der Waals surface area contributed by atoms with Crippen molar-refractivity contribution in [2.45, 2.75) is 20.1 Å². The lowest BCUT2D eigenvalue weighted by Gasteiger charge is -2.15. The van der Waals surface area contributed by atoms with Gasteiger partial charge in [0.1, 0.15) is 6.61 Å². The Balaban J connectivity index is 1.55. The number of hydrogen-bond donors (Lipinski definition) is 0. The van der Waals surface area contributed by atoms with Gasteiger partial charge in [-0.3, -0.25) is 14.5 Å². The SMILES string of the molecule is CCOc1cc(/C=C2/SC(=O)N(Cc3cccc(Br)c3)C2=O)cc(Br)c1OCc1ccc(Cl)cc1. The third-order valence-corrected chi connectivity index (χ3v) is 7.27. The summed E-state index contributed by atoms with van der Waals surface area (Å²) in [6.07, 6.45) is 1.70. The van der Waals surface area contributed by atoms with Crippen LogP contribution in [0.5, 0.6) is 11.5 Å². The van der Waals surface area contributed by atoms with Crippen molar-refractivity contribution >= 4 is 72.4 Å². The molecule has 1 aliphatic heterocycles.